The molecular formula is C20H18ClN3O2S. The number of thiazole rings is 1. The minimum atomic E-state index is -0.932. The van der Waals surface area contributed by atoms with E-state index < -0.39 is 5.97 Å². The monoisotopic (exact) mass is 399 g/mol. The molecule has 0 spiro atoms. The molecule has 27 heavy (non-hydrogen) atoms. The molecule has 0 radical (unpaired) electrons. The Balaban J connectivity index is 0.00000210. The van der Waals surface area contributed by atoms with Gasteiger partial charge in [0.1, 0.15) is 16.3 Å². The van der Waals surface area contributed by atoms with Crippen LogP contribution in [0.4, 0.5) is 0 Å². The van der Waals surface area contributed by atoms with E-state index in [0.717, 1.165) is 33.9 Å². The first-order chi connectivity index (χ1) is 12.7. The van der Waals surface area contributed by atoms with E-state index in [1.165, 1.54) is 5.56 Å². The summed E-state index contributed by atoms with van der Waals surface area (Å²) in [6, 6.07) is 15.1. The lowest BCUT2D eigenvalue weighted by Crippen LogP contribution is -2.02. The molecule has 2 aromatic heterocycles. The number of carboxylic acid groups (broad SMARTS) is 1. The predicted molar refractivity (Wildman–Crippen MR) is 111 cm³/mol. The van der Waals surface area contributed by atoms with Crippen molar-refractivity contribution in [1.82, 2.24) is 9.38 Å². The molecular weight excluding hydrogens is 382 g/mol. The summed E-state index contributed by atoms with van der Waals surface area (Å²) in [7, 11) is 0. The fourth-order valence-electron chi connectivity index (χ4n) is 2.97. The smallest absolute Gasteiger partial charge is 0.335 e. The fraction of sp³-hybridized carbons (Fsp3) is 0.100. The van der Waals surface area contributed by atoms with Crippen molar-refractivity contribution < 1.29 is 9.90 Å². The van der Waals surface area contributed by atoms with Gasteiger partial charge in [-0.2, -0.15) is 0 Å². The first-order valence-corrected chi connectivity index (χ1v) is 9.14. The average Bonchev–Trinajstić information content (AvgIpc) is 3.25. The van der Waals surface area contributed by atoms with Gasteiger partial charge in [0.2, 0.25) is 0 Å². The molecule has 4 aromatic rings. The number of rotatable bonds is 5. The molecule has 2 aromatic carbocycles. The Bertz CT molecular complexity index is 1070. The minimum Gasteiger partial charge on any atom is -0.478 e. The van der Waals surface area contributed by atoms with Crippen molar-refractivity contribution >= 4 is 34.5 Å². The number of fused-ring (bicyclic) bond motifs is 1. The minimum absolute atomic E-state index is 0. The van der Waals surface area contributed by atoms with Crippen molar-refractivity contribution in [1.29, 1.82) is 0 Å². The van der Waals surface area contributed by atoms with Crippen LogP contribution in [0.2, 0.25) is 0 Å². The van der Waals surface area contributed by atoms with E-state index in [1.807, 2.05) is 16.0 Å². The lowest BCUT2D eigenvalue weighted by molar-refractivity contribution is 0.0697. The number of carbonyl (C=O) groups is 1. The van der Waals surface area contributed by atoms with Gasteiger partial charge in [-0.3, -0.25) is 4.40 Å². The van der Waals surface area contributed by atoms with Crippen molar-refractivity contribution in [2.24, 2.45) is 5.73 Å². The highest BCUT2D eigenvalue weighted by molar-refractivity contribution is 7.16. The summed E-state index contributed by atoms with van der Waals surface area (Å²) in [5.74, 6) is -0.127. The molecule has 0 atom stereocenters. The number of hydrogen-bond acceptors (Lipinski definition) is 4. The number of halogens is 1. The zero-order valence-electron chi connectivity index (χ0n) is 14.3. The van der Waals surface area contributed by atoms with Gasteiger partial charge in [-0.1, -0.05) is 36.4 Å². The average molecular weight is 400 g/mol. The van der Waals surface area contributed by atoms with Gasteiger partial charge in [0.25, 0.3) is 0 Å². The van der Waals surface area contributed by atoms with Crippen LogP contribution in [-0.4, -0.2) is 27.0 Å². The maximum atomic E-state index is 11.1. The molecule has 138 valence electrons. The molecule has 5 nitrogen and oxygen atoms in total. The Hall–Kier alpha value is -2.67. The summed E-state index contributed by atoms with van der Waals surface area (Å²) in [6.07, 6.45) is 2.85. The van der Waals surface area contributed by atoms with Gasteiger partial charge >= 0.3 is 5.97 Å². The van der Waals surface area contributed by atoms with E-state index in [2.05, 4.69) is 24.3 Å². The van der Waals surface area contributed by atoms with E-state index in [1.54, 1.807) is 35.6 Å². The zero-order chi connectivity index (χ0) is 18.1. The standard InChI is InChI=1S/C20H17N3O2S.ClH/c21-10-9-13-1-3-14(4-2-13)17-19-23(11-12-26-19)18(22-17)15-5-7-16(8-6-15)20(24)25;/h1-8,11-12H,9-10,21H2,(H,24,25);1H. The van der Waals surface area contributed by atoms with E-state index in [-0.39, 0.29) is 18.0 Å². The highest BCUT2D eigenvalue weighted by Gasteiger charge is 2.15. The Morgan fingerprint density at radius 2 is 1.74 bits per heavy atom. The van der Waals surface area contributed by atoms with E-state index >= 15 is 0 Å². The van der Waals surface area contributed by atoms with Crippen LogP contribution in [0, 0.1) is 0 Å². The van der Waals surface area contributed by atoms with Crippen LogP contribution in [0.3, 0.4) is 0 Å². The second kappa shape index (κ2) is 7.92. The molecule has 0 amide bonds. The SMILES string of the molecule is Cl.NCCc1ccc(-c2nc(-c3ccc(C(=O)O)cc3)n3ccsc23)cc1. The number of carboxylic acids is 1. The van der Waals surface area contributed by atoms with Gasteiger partial charge in [-0.05, 0) is 30.7 Å². The summed E-state index contributed by atoms with van der Waals surface area (Å²) in [4.78, 5) is 17.0. The van der Waals surface area contributed by atoms with E-state index in [0.29, 0.717) is 6.54 Å². The quantitative estimate of drug-likeness (QED) is 0.522. The van der Waals surface area contributed by atoms with Gasteiger partial charge in [0, 0.05) is 22.7 Å². The number of nitrogens with zero attached hydrogens (tertiary/aromatic N) is 2. The van der Waals surface area contributed by atoms with Crippen molar-refractivity contribution in [3.8, 4) is 22.6 Å². The molecule has 0 saturated carbocycles. The van der Waals surface area contributed by atoms with Gasteiger partial charge in [0.15, 0.2) is 0 Å². The number of imidazole rings is 1. The lowest BCUT2D eigenvalue weighted by atomic mass is 10.1. The molecule has 7 heteroatoms. The molecule has 2 heterocycles. The number of aromatic carboxylic acids is 1. The number of aromatic nitrogens is 2. The number of nitrogens with two attached hydrogens (primary N) is 1. The van der Waals surface area contributed by atoms with Crippen LogP contribution < -0.4 is 5.73 Å². The largest absolute Gasteiger partial charge is 0.478 e. The summed E-state index contributed by atoms with van der Waals surface area (Å²) in [5.41, 5.74) is 9.96. The zero-order valence-corrected chi connectivity index (χ0v) is 16.0. The predicted octanol–water partition coefficient (Wildman–Crippen LogP) is 4.35. The van der Waals surface area contributed by atoms with E-state index in [4.69, 9.17) is 15.8 Å². The van der Waals surface area contributed by atoms with Crippen molar-refractivity contribution in [2.45, 2.75) is 6.42 Å². The topological polar surface area (TPSA) is 80.6 Å². The van der Waals surface area contributed by atoms with Gasteiger partial charge in [-0.25, -0.2) is 9.78 Å². The summed E-state index contributed by atoms with van der Waals surface area (Å²) < 4.78 is 2.05. The highest BCUT2D eigenvalue weighted by atomic mass is 35.5. The molecule has 0 bridgehead atoms. The van der Waals surface area contributed by atoms with Crippen molar-refractivity contribution in [3.63, 3.8) is 0 Å². The Kier molecular flexibility index (Phi) is 5.60. The maximum Gasteiger partial charge on any atom is 0.335 e. The van der Waals surface area contributed by atoms with Crippen LogP contribution in [0.1, 0.15) is 15.9 Å². The third kappa shape index (κ3) is 3.60. The number of benzene rings is 2. The van der Waals surface area contributed by atoms with Gasteiger partial charge < -0.3 is 10.8 Å². The summed E-state index contributed by atoms with van der Waals surface area (Å²) >= 11 is 1.63. The second-order valence-electron chi connectivity index (χ2n) is 5.98. The molecule has 0 aliphatic carbocycles. The van der Waals surface area contributed by atoms with Crippen LogP contribution in [0.25, 0.3) is 27.5 Å². The molecule has 3 N–H and O–H groups in total. The molecule has 0 unspecified atom stereocenters. The molecule has 4 rings (SSSR count). The third-order valence-electron chi connectivity index (χ3n) is 4.31. The van der Waals surface area contributed by atoms with Crippen molar-refractivity contribution in [3.05, 3.63) is 71.2 Å². The summed E-state index contributed by atoms with van der Waals surface area (Å²) in [5, 5.41) is 11.1. The highest BCUT2D eigenvalue weighted by Crippen LogP contribution is 2.32. The fourth-order valence-corrected chi connectivity index (χ4v) is 3.82. The van der Waals surface area contributed by atoms with Crippen molar-refractivity contribution in [2.75, 3.05) is 6.54 Å². The first kappa shape index (κ1) is 19.1. The van der Waals surface area contributed by atoms with Gasteiger partial charge in [0.05, 0.1) is 5.56 Å². The Labute approximate surface area is 166 Å². The lowest BCUT2D eigenvalue weighted by Gasteiger charge is -2.01. The van der Waals surface area contributed by atoms with Crippen LogP contribution >= 0.6 is 23.7 Å². The first-order valence-electron chi connectivity index (χ1n) is 8.26. The third-order valence-corrected chi connectivity index (χ3v) is 5.18. The molecule has 0 aliphatic heterocycles. The maximum absolute atomic E-state index is 11.1. The molecule has 0 fully saturated rings. The van der Waals surface area contributed by atoms with Crippen LogP contribution in [0.15, 0.2) is 60.1 Å². The van der Waals surface area contributed by atoms with Crippen LogP contribution in [0.5, 0.6) is 0 Å². The normalized spacial score (nSPS) is 10.7. The molecule has 0 saturated heterocycles. The summed E-state index contributed by atoms with van der Waals surface area (Å²) in [6.45, 7) is 0.634. The van der Waals surface area contributed by atoms with E-state index in [9.17, 15) is 4.79 Å². The number of hydrogen-bond donors (Lipinski definition) is 2. The Morgan fingerprint density at radius 3 is 2.37 bits per heavy atom. The van der Waals surface area contributed by atoms with Gasteiger partial charge in [-0.15, -0.1) is 23.7 Å². The second-order valence-corrected chi connectivity index (χ2v) is 6.87. The Morgan fingerprint density at radius 1 is 1.07 bits per heavy atom. The van der Waals surface area contributed by atoms with Crippen LogP contribution in [-0.2, 0) is 6.42 Å². The molecule has 0 aliphatic rings.